The van der Waals surface area contributed by atoms with Crippen molar-refractivity contribution in [2.24, 2.45) is 0 Å². The van der Waals surface area contributed by atoms with Crippen LogP contribution in [0.2, 0.25) is 0 Å². The van der Waals surface area contributed by atoms with E-state index in [2.05, 4.69) is 23.3 Å². The van der Waals surface area contributed by atoms with E-state index in [0.29, 0.717) is 30.3 Å². The number of aryl methyl sites for hydroxylation is 1. The van der Waals surface area contributed by atoms with Gasteiger partial charge in [-0.1, -0.05) is 25.1 Å². The van der Waals surface area contributed by atoms with E-state index in [1.54, 1.807) is 12.1 Å². The average Bonchev–Trinajstić information content (AvgIpc) is 3.32. The summed E-state index contributed by atoms with van der Waals surface area (Å²) in [4.78, 5) is 17.7. The first kappa shape index (κ1) is 22.4. The lowest BCUT2D eigenvalue weighted by atomic mass is 10.1. The molecule has 1 fully saturated rings. The zero-order valence-corrected chi connectivity index (χ0v) is 19.0. The van der Waals surface area contributed by atoms with Crippen LogP contribution in [0.4, 0.5) is 4.39 Å². The quantitative estimate of drug-likeness (QED) is 0.523. The monoisotopic (exact) mass is 453 g/mol. The summed E-state index contributed by atoms with van der Waals surface area (Å²) in [7, 11) is 0. The Morgan fingerprint density at radius 1 is 1.19 bits per heavy atom. The summed E-state index contributed by atoms with van der Waals surface area (Å²) in [5, 5.41) is 4.84. The minimum atomic E-state index is -0.280. The Bertz CT molecular complexity index is 1140. The van der Waals surface area contributed by atoms with Crippen LogP contribution in [0.15, 0.2) is 53.3 Å². The third-order valence-electron chi connectivity index (χ3n) is 5.83. The van der Waals surface area contributed by atoms with Gasteiger partial charge in [0.25, 0.3) is 5.56 Å². The molecule has 1 aliphatic heterocycles. The molecular weight excluding hydrogens is 425 g/mol. The molecule has 0 bridgehead atoms. The maximum atomic E-state index is 13.4. The number of halogens is 1. The fraction of sp³-hybridized carbons (Fsp3) is 0.360. The Labute approximate surface area is 192 Å². The lowest BCUT2D eigenvalue weighted by Crippen LogP contribution is -2.42. The number of aromatic amines is 1. The Hall–Kier alpha value is -2.77. The number of thiocarbonyl (C=S) groups is 1. The number of rotatable bonds is 7. The van der Waals surface area contributed by atoms with Crippen LogP contribution in [0.1, 0.15) is 36.5 Å². The predicted octanol–water partition coefficient (Wildman–Crippen LogP) is 4.29. The van der Waals surface area contributed by atoms with Gasteiger partial charge in [-0.15, -0.1) is 0 Å². The minimum Gasteiger partial charge on any atom is -0.376 e. The van der Waals surface area contributed by atoms with E-state index in [-0.39, 0.29) is 17.5 Å². The van der Waals surface area contributed by atoms with Gasteiger partial charge in [0.1, 0.15) is 5.82 Å². The van der Waals surface area contributed by atoms with Crippen molar-refractivity contribution in [2.75, 3.05) is 13.2 Å². The molecular formula is C25H28FN3O2S. The first-order valence-corrected chi connectivity index (χ1v) is 11.5. The largest absolute Gasteiger partial charge is 0.376 e. The van der Waals surface area contributed by atoms with Gasteiger partial charge in [0.15, 0.2) is 5.11 Å². The van der Waals surface area contributed by atoms with E-state index < -0.39 is 0 Å². The van der Waals surface area contributed by atoms with Crippen molar-refractivity contribution < 1.29 is 9.13 Å². The molecule has 3 aromatic rings. The lowest BCUT2D eigenvalue weighted by molar-refractivity contribution is 0.113. The molecule has 0 saturated carbocycles. The molecule has 1 aromatic heterocycles. The van der Waals surface area contributed by atoms with Crippen LogP contribution in [0.5, 0.6) is 0 Å². The van der Waals surface area contributed by atoms with Crippen molar-refractivity contribution >= 4 is 28.2 Å². The number of fused-ring (bicyclic) bond motifs is 1. The molecule has 1 unspecified atom stereocenters. The molecule has 5 nitrogen and oxygen atoms in total. The molecule has 0 aliphatic carbocycles. The molecule has 7 heteroatoms. The number of H-pyrrole nitrogens is 1. The van der Waals surface area contributed by atoms with Gasteiger partial charge in [0, 0.05) is 30.8 Å². The van der Waals surface area contributed by atoms with Crippen LogP contribution >= 0.6 is 12.2 Å². The van der Waals surface area contributed by atoms with Crippen molar-refractivity contribution in [3.63, 3.8) is 0 Å². The van der Waals surface area contributed by atoms with Gasteiger partial charge in [0.05, 0.1) is 12.6 Å². The molecule has 2 N–H and O–H groups in total. The first-order chi connectivity index (χ1) is 15.5. The number of nitrogens with zero attached hydrogens (tertiary/aromatic N) is 1. The number of benzene rings is 2. The number of ether oxygens (including phenoxy) is 1. The molecule has 32 heavy (non-hydrogen) atoms. The summed E-state index contributed by atoms with van der Waals surface area (Å²) in [6.45, 7) is 4.33. The SMILES string of the molecule is CCc1ccc2[nH]c(=O)c(CN(Cc3ccc(F)cc3)C(=S)NCC3CCCO3)cc2c1. The number of pyridine rings is 1. The molecule has 2 aromatic carbocycles. The van der Waals surface area contributed by atoms with E-state index in [9.17, 15) is 9.18 Å². The Morgan fingerprint density at radius 3 is 2.69 bits per heavy atom. The second-order valence-corrected chi connectivity index (χ2v) is 8.59. The molecule has 0 spiro atoms. The summed E-state index contributed by atoms with van der Waals surface area (Å²) in [5.41, 5.74) is 3.45. The number of hydrogen-bond donors (Lipinski definition) is 2. The highest BCUT2D eigenvalue weighted by molar-refractivity contribution is 7.80. The predicted molar refractivity (Wildman–Crippen MR) is 129 cm³/mol. The molecule has 1 atom stereocenters. The first-order valence-electron chi connectivity index (χ1n) is 11.1. The van der Waals surface area contributed by atoms with Gasteiger partial charge in [-0.25, -0.2) is 4.39 Å². The van der Waals surface area contributed by atoms with Gasteiger partial charge in [-0.05, 0) is 78.3 Å². The van der Waals surface area contributed by atoms with Crippen molar-refractivity contribution in [1.82, 2.24) is 15.2 Å². The molecule has 0 amide bonds. The van der Waals surface area contributed by atoms with E-state index >= 15 is 0 Å². The van der Waals surface area contributed by atoms with Gasteiger partial charge < -0.3 is 19.9 Å². The van der Waals surface area contributed by atoms with Gasteiger partial charge in [-0.3, -0.25) is 4.79 Å². The van der Waals surface area contributed by atoms with Gasteiger partial charge in [-0.2, -0.15) is 0 Å². The molecule has 4 rings (SSSR count). The van der Waals surface area contributed by atoms with Gasteiger partial charge >= 0.3 is 0 Å². The standard InChI is InChI=1S/C25H28FN3O2S/c1-2-17-7-10-23-19(12-17)13-20(24(30)28-23)16-29(15-18-5-8-21(26)9-6-18)25(32)27-14-22-4-3-11-31-22/h5-10,12-13,22H,2-4,11,14-16H2,1H3,(H,27,32)(H,28,30). The highest BCUT2D eigenvalue weighted by Gasteiger charge is 2.18. The number of aromatic nitrogens is 1. The zero-order valence-electron chi connectivity index (χ0n) is 18.2. The summed E-state index contributed by atoms with van der Waals surface area (Å²) >= 11 is 5.69. The molecule has 2 heterocycles. The van der Waals surface area contributed by atoms with E-state index in [4.69, 9.17) is 17.0 Å². The van der Waals surface area contributed by atoms with Crippen LogP contribution in [-0.2, 0) is 24.2 Å². The normalized spacial score (nSPS) is 15.8. The van der Waals surface area contributed by atoms with Crippen LogP contribution < -0.4 is 10.9 Å². The van der Waals surface area contributed by atoms with Crippen LogP contribution in [0.3, 0.4) is 0 Å². The summed E-state index contributed by atoms with van der Waals surface area (Å²) in [6, 6.07) is 14.4. The summed E-state index contributed by atoms with van der Waals surface area (Å²) < 4.78 is 19.1. The van der Waals surface area contributed by atoms with E-state index in [0.717, 1.165) is 42.3 Å². The zero-order chi connectivity index (χ0) is 22.5. The van der Waals surface area contributed by atoms with Crippen molar-refractivity contribution in [1.29, 1.82) is 0 Å². The highest BCUT2D eigenvalue weighted by Crippen LogP contribution is 2.17. The fourth-order valence-corrected chi connectivity index (χ4v) is 4.18. The van der Waals surface area contributed by atoms with Crippen molar-refractivity contribution in [2.45, 2.75) is 45.4 Å². The average molecular weight is 454 g/mol. The Kier molecular flexibility index (Phi) is 7.17. The second kappa shape index (κ2) is 10.2. The fourth-order valence-electron chi connectivity index (χ4n) is 3.97. The maximum Gasteiger partial charge on any atom is 0.253 e. The molecule has 1 saturated heterocycles. The summed E-state index contributed by atoms with van der Waals surface area (Å²) in [5.74, 6) is -0.280. The third-order valence-corrected chi connectivity index (χ3v) is 6.24. The van der Waals surface area contributed by atoms with Gasteiger partial charge in [0.2, 0.25) is 0 Å². The number of hydrogen-bond acceptors (Lipinski definition) is 3. The maximum absolute atomic E-state index is 13.4. The van der Waals surface area contributed by atoms with Crippen molar-refractivity contribution in [3.8, 4) is 0 Å². The number of nitrogens with one attached hydrogen (secondary N) is 2. The minimum absolute atomic E-state index is 0.132. The second-order valence-electron chi connectivity index (χ2n) is 8.20. The Balaban J connectivity index is 1.58. The lowest BCUT2D eigenvalue weighted by Gasteiger charge is -2.27. The topological polar surface area (TPSA) is 57.4 Å². The van der Waals surface area contributed by atoms with Crippen LogP contribution in [0.25, 0.3) is 10.9 Å². The molecule has 168 valence electrons. The smallest absolute Gasteiger partial charge is 0.253 e. The van der Waals surface area contributed by atoms with E-state index in [1.807, 2.05) is 23.1 Å². The molecule has 0 radical (unpaired) electrons. The van der Waals surface area contributed by atoms with E-state index in [1.165, 1.54) is 17.7 Å². The third kappa shape index (κ3) is 5.53. The van der Waals surface area contributed by atoms with Crippen LogP contribution in [-0.4, -0.2) is 34.3 Å². The van der Waals surface area contributed by atoms with Crippen LogP contribution in [0, 0.1) is 5.82 Å². The van der Waals surface area contributed by atoms with Crippen molar-refractivity contribution in [3.05, 3.63) is 81.4 Å². The molecule has 1 aliphatic rings. The highest BCUT2D eigenvalue weighted by atomic mass is 32.1. The Morgan fingerprint density at radius 2 is 1.97 bits per heavy atom. The summed E-state index contributed by atoms with van der Waals surface area (Å²) in [6.07, 6.45) is 3.15.